The van der Waals surface area contributed by atoms with Crippen molar-refractivity contribution in [1.29, 1.82) is 0 Å². The number of halogens is 2. The van der Waals surface area contributed by atoms with Crippen LogP contribution in [0.25, 0.3) is 0 Å². The Morgan fingerprint density at radius 3 is 2.05 bits per heavy atom. The normalized spacial score (nSPS) is 13.8. The van der Waals surface area contributed by atoms with Gasteiger partial charge in [-0.25, -0.2) is 0 Å². The van der Waals surface area contributed by atoms with E-state index in [0.717, 1.165) is 35.8 Å². The van der Waals surface area contributed by atoms with Gasteiger partial charge < -0.3 is 25.2 Å². The van der Waals surface area contributed by atoms with E-state index in [1.54, 1.807) is 31.4 Å². The third kappa shape index (κ3) is 6.81. The first-order valence-corrected chi connectivity index (χ1v) is 14.5. The van der Waals surface area contributed by atoms with E-state index in [2.05, 4.69) is 26.5 Å². The van der Waals surface area contributed by atoms with E-state index in [0.29, 0.717) is 39.9 Å². The fourth-order valence-electron chi connectivity index (χ4n) is 5.14. The number of carbonyl (C=O) groups excluding carboxylic acids is 2. The molecule has 9 heteroatoms. The second kappa shape index (κ2) is 13.2. The Labute approximate surface area is 256 Å². The van der Waals surface area contributed by atoms with Gasteiger partial charge in [0.1, 0.15) is 5.75 Å². The summed E-state index contributed by atoms with van der Waals surface area (Å²) in [6.45, 7) is 4.89. The van der Waals surface area contributed by atoms with Crippen molar-refractivity contribution in [3.8, 4) is 5.75 Å². The summed E-state index contributed by atoms with van der Waals surface area (Å²) in [5.74, 6) is 0.235. The predicted molar refractivity (Wildman–Crippen MR) is 171 cm³/mol. The molecule has 42 heavy (non-hydrogen) atoms. The lowest BCUT2D eigenvalue weighted by Gasteiger charge is -2.38. The predicted octanol–water partition coefficient (Wildman–Crippen LogP) is 7.07. The molecule has 0 radical (unpaired) electrons. The van der Waals surface area contributed by atoms with Crippen LogP contribution >= 0.6 is 23.2 Å². The number of rotatable bonds is 8. The van der Waals surface area contributed by atoms with Gasteiger partial charge in [0.15, 0.2) is 0 Å². The number of hydrogen-bond acceptors (Lipinski definition) is 5. The van der Waals surface area contributed by atoms with E-state index < -0.39 is 0 Å². The lowest BCUT2D eigenvalue weighted by atomic mass is 10.1. The molecule has 1 aliphatic rings. The van der Waals surface area contributed by atoms with Crippen LogP contribution in [0.4, 0.5) is 17.1 Å². The molecule has 1 fully saturated rings. The number of hydrogen-bond donors (Lipinski definition) is 2. The molecule has 216 valence electrons. The van der Waals surface area contributed by atoms with Crippen LogP contribution in [0.15, 0.2) is 91.0 Å². The van der Waals surface area contributed by atoms with Gasteiger partial charge in [-0.1, -0.05) is 65.7 Å². The molecule has 4 aromatic carbocycles. The average Bonchev–Trinajstić information content (AvgIpc) is 3.01. The maximum absolute atomic E-state index is 13.7. The standard InChI is InChI=1S/C33H32Cl2N4O3/c1-22(23-8-4-3-5-9-23)36-33(41)28-21-27(37-32(40)24-18-25(34)20-26(35)19-24)12-13-29(28)38-14-16-39(17-15-38)30-10-6-7-11-31(30)42-2/h3-13,18-22H,14-17H2,1-2H3,(H,36,41)(H,37,40). The van der Waals surface area contributed by atoms with Gasteiger partial charge in [-0.05, 0) is 61.0 Å². The monoisotopic (exact) mass is 602 g/mol. The van der Waals surface area contributed by atoms with Gasteiger partial charge in [-0.3, -0.25) is 9.59 Å². The zero-order valence-corrected chi connectivity index (χ0v) is 25.0. The van der Waals surface area contributed by atoms with Crippen molar-refractivity contribution in [1.82, 2.24) is 5.32 Å². The SMILES string of the molecule is COc1ccccc1N1CCN(c2ccc(NC(=O)c3cc(Cl)cc(Cl)c3)cc2C(=O)NC(C)c2ccccc2)CC1. The Kier molecular flexibility index (Phi) is 9.20. The molecule has 5 rings (SSSR count). The summed E-state index contributed by atoms with van der Waals surface area (Å²) in [4.78, 5) is 31.3. The maximum atomic E-state index is 13.7. The Morgan fingerprint density at radius 2 is 1.38 bits per heavy atom. The summed E-state index contributed by atoms with van der Waals surface area (Å²) in [5, 5.41) is 6.75. The fourth-order valence-corrected chi connectivity index (χ4v) is 5.66. The van der Waals surface area contributed by atoms with Gasteiger partial charge in [0.25, 0.3) is 11.8 Å². The van der Waals surface area contributed by atoms with Crippen LogP contribution in [0.5, 0.6) is 5.75 Å². The van der Waals surface area contributed by atoms with Crippen molar-refractivity contribution in [2.24, 2.45) is 0 Å². The van der Waals surface area contributed by atoms with E-state index >= 15 is 0 Å². The molecule has 0 saturated carbocycles. The molecule has 1 aliphatic heterocycles. The molecule has 1 unspecified atom stereocenters. The van der Waals surface area contributed by atoms with E-state index in [9.17, 15) is 9.59 Å². The average molecular weight is 604 g/mol. The highest BCUT2D eigenvalue weighted by atomic mass is 35.5. The van der Waals surface area contributed by atoms with Crippen molar-refractivity contribution >= 4 is 52.1 Å². The third-order valence-corrected chi connectivity index (χ3v) is 7.75. The summed E-state index contributed by atoms with van der Waals surface area (Å²) < 4.78 is 5.57. The van der Waals surface area contributed by atoms with Crippen LogP contribution in [0.1, 0.15) is 39.2 Å². The zero-order valence-electron chi connectivity index (χ0n) is 23.4. The number of nitrogens with one attached hydrogen (secondary N) is 2. The first kappa shape index (κ1) is 29.3. The second-order valence-corrected chi connectivity index (χ2v) is 11.0. The number of ether oxygens (including phenoxy) is 1. The van der Waals surface area contributed by atoms with Gasteiger partial charge >= 0.3 is 0 Å². The molecule has 1 atom stereocenters. The van der Waals surface area contributed by atoms with Gasteiger partial charge in [-0.2, -0.15) is 0 Å². The topological polar surface area (TPSA) is 73.9 Å². The minimum atomic E-state index is -0.374. The first-order valence-electron chi connectivity index (χ1n) is 13.7. The number of piperazine rings is 1. The minimum absolute atomic E-state index is 0.208. The van der Waals surface area contributed by atoms with Gasteiger partial charge in [-0.15, -0.1) is 0 Å². The number of methoxy groups -OCH3 is 1. The number of anilines is 3. The molecular formula is C33H32Cl2N4O3. The molecule has 0 spiro atoms. The molecule has 1 heterocycles. The Morgan fingerprint density at radius 1 is 0.762 bits per heavy atom. The largest absolute Gasteiger partial charge is 0.495 e. The van der Waals surface area contributed by atoms with E-state index in [1.807, 2.05) is 67.6 Å². The van der Waals surface area contributed by atoms with Crippen LogP contribution in [0.2, 0.25) is 10.0 Å². The van der Waals surface area contributed by atoms with Gasteiger partial charge in [0, 0.05) is 53.2 Å². The lowest BCUT2D eigenvalue weighted by Crippen LogP contribution is -2.47. The Balaban J connectivity index is 1.40. The Bertz CT molecular complexity index is 1550. The fraction of sp³-hybridized carbons (Fsp3) is 0.212. The number of amides is 2. The highest BCUT2D eigenvalue weighted by Crippen LogP contribution is 2.31. The van der Waals surface area contributed by atoms with E-state index in [-0.39, 0.29) is 17.9 Å². The lowest BCUT2D eigenvalue weighted by molar-refractivity contribution is 0.0939. The van der Waals surface area contributed by atoms with Crippen LogP contribution in [0, 0.1) is 0 Å². The highest BCUT2D eigenvalue weighted by molar-refractivity contribution is 6.35. The highest BCUT2D eigenvalue weighted by Gasteiger charge is 2.25. The molecule has 4 aromatic rings. The quantitative estimate of drug-likeness (QED) is 0.225. The summed E-state index contributed by atoms with van der Waals surface area (Å²) in [7, 11) is 1.68. The maximum Gasteiger partial charge on any atom is 0.255 e. The molecule has 2 amide bonds. The van der Waals surface area contributed by atoms with Gasteiger partial charge in [0.05, 0.1) is 24.4 Å². The number of carbonyl (C=O) groups is 2. The smallest absolute Gasteiger partial charge is 0.255 e. The van der Waals surface area contributed by atoms with Crippen molar-refractivity contribution < 1.29 is 14.3 Å². The van der Waals surface area contributed by atoms with Crippen LogP contribution < -0.4 is 25.2 Å². The molecular weight excluding hydrogens is 571 g/mol. The molecule has 0 aliphatic carbocycles. The van der Waals surface area contributed by atoms with Crippen LogP contribution in [-0.2, 0) is 0 Å². The zero-order chi connectivity index (χ0) is 29.6. The van der Waals surface area contributed by atoms with Crippen molar-refractivity contribution in [2.75, 3.05) is 48.4 Å². The molecule has 2 N–H and O–H groups in total. The Hall–Kier alpha value is -4.20. The minimum Gasteiger partial charge on any atom is -0.495 e. The molecule has 7 nitrogen and oxygen atoms in total. The third-order valence-electron chi connectivity index (χ3n) is 7.32. The number of para-hydroxylation sites is 2. The molecule has 0 aromatic heterocycles. The summed E-state index contributed by atoms with van der Waals surface area (Å²) >= 11 is 12.2. The van der Waals surface area contributed by atoms with Crippen LogP contribution in [-0.4, -0.2) is 45.1 Å². The summed E-state index contributed by atoms with van der Waals surface area (Å²) in [6, 6.07) is 27.7. The first-order chi connectivity index (χ1) is 20.3. The number of benzene rings is 4. The molecule has 1 saturated heterocycles. The van der Waals surface area contributed by atoms with Gasteiger partial charge in [0.2, 0.25) is 0 Å². The molecule has 0 bridgehead atoms. The van der Waals surface area contributed by atoms with Crippen LogP contribution in [0.3, 0.4) is 0 Å². The van der Waals surface area contributed by atoms with Crippen molar-refractivity contribution in [3.05, 3.63) is 118 Å². The van der Waals surface area contributed by atoms with E-state index in [1.165, 1.54) is 0 Å². The van der Waals surface area contributed by atoms with E-state index in [4.69, 9.17) is 27.9 Å². The summed E-state index contributed by atoms with van der Waals surface area (Å²) in [6.07, 6.45) is 0. The second-order valence-electron chi connectivity index (χ2n) is 10.1. The number of nitrogens with zero attached hydrogens (tertiary/aromatic N) is 2. The van der Waals surface area contributed by atoms with Crippen molar-refractivity contribution in [2.45, 2.75) is 13.0 Å². The summed E-state index contributed by atoms with van der Waals surface area (Å²) in [5.41, 5.74) is 4.15. The van der Waals surface area contributed by atoms with Crippen molar-refractivity contribution in [3.63, 3.8) is 0 Å².